The molecule has 1 atom stereocenters. The van der Waals surface area contributed by atoms with Crippen LogP contribution in [-0.2, 0) is 6.54 Å². The van der Waals surface area contributed by atoms with Crippen molar-refractivity contribution in [3.05, 3.63) is 94.0 Å². The summed E-state index contributed by atoms with van der Waals surface area (Å²) in [5, 5.41) is 17.3. The Balaban J connectivity index is 1.39. The average molecular weight is 419 g/mol. The molecule has 0 bridgehead atoms. The molecule has 1 heterocycles. The second-order valence-electron chi connectivity index (χ2n) is 7.04. The molecule has 2 N–H and O–H groups in total. The maximum Gasteiger partial charge on any atom is 0.293 e. The van der Waals surface area contributed by atoms with Crippen molar-refractivity contribution >= 4 is 17.3 Å². The number of hydrogen-bond acceptors (Lipinski definition) is 6. The maximum absolute atomic E-state index is 12.5. The fraction of sp³-hybridized carbons (Fsp3) is 0.174. The number of anilines is 1. The minimum absolute atomic E-state index is 0.158. The average Bonchev–Trinajstić information content (AvgIpc) is 2.81. The van der Waals surface area contributed by atoms with Crippen molar-refractivity contribution in [2.24, 2.45) is 0 Å². The van der Waals surface area contributed by atoms with Gasteiger partial charge in [0, 0.05) is 18.2 Å². The molecule has 1 aliphatic rings. The van der Waals surface area contributed by atoms with Crippen LogP contribution in [0.1, 0.15) is 15.9 Å². The second-order valence-corrected chi connectivity index (χ2v) is 7.04. The SMILES string of the molecule is O=C(NCC1COc2ccccc2O1)c1ccc(NCc2ccccc2)c([N+](=O)[O-])c1. The molecule has 31 heavy (non-hydrogen) atoms. The van der Waals surface area contributed by atoms with E-state index in [0.29, 0.717) is 30.3 Å². The monoisotopic (exact) mass is 419 g/mol. The molecule has 0 saturated heterocycles. The highest BCUT2D eigenvalue weighted by Crippen LogP contribution is 2.31. The largest absolute Gasteiger partial charge is 0.486 e. The topological polar surface area (TPSA) is 103 Å². The summed E-state index contributed by atoms with van der Waals surface area (Å²) < 4.78 is 11.4. The van der Waals surface area contributed by atoms with E-state index in [1.807, 2.05) is 48.5 Å². The molecule has 0 fully saturated rings. The molecule has 8 heteroatoms. The molecule has 1 unspecified atom stereocenters. The Morgan fingerprint density at radius 3 is 2.55 bits per heavy atom. The van der Waals surface area contributed by atoms with Gasteiger partial charge in [0.25, 0.3) is 11.6 Å². The Kier molecular flexibility index (Phi) is 5.98. The Bertz CT molecular complexity index is 1090. The van der Waals surface area contributed by atoms with E-state index < -0.39 is 10.8 Å². The van der Waals surface area contributed by atoms with Crippen LogP contribution < -0.4 is 20.1 Å². The molecular formula is C23H21N3O5. The lowest BCUT2D eigenvalue weighted by Gasteiger charge is -2.26. The van der Waals surface area contributed by atoms with Gasteiger partial charge in [0.2, 0.25) is 0 Å². The van der Waals surface area contributed by atoms with Crippen molar-refractivity contribution in [2.75, 3.05) is 18.5 Å². The minimum Gasteiger partial charge on any atom is -0.486 e. The van der Waals surface area contributed by atoms with Crippen LogP contribution in [0, 0.1) is 10.1 Å². The first-order chi connectivity index (χ1) is 15.1. The summed E-state index contributed by atoms with van der Waals surface area (Å²) in [6, 6.07) is 21.3. The van der Waals surface area contributed by atoms with Crippen LogP contribution in [0.15, 0.2) is 72.8 Å². The van der Waals surface area contributed by atoms with E-state index in [1.54, 1.807) is 18.2 Å². The molecule has 4 rings (SSSR count). The Morgan fingerprint density at radius 1 is 1.03 bits per heavy atom. The van der Waals surface area contributed by atoms with Gasteiger partial charge in [0.1, 0.15) is 18.4 Å². The van der Waals surface area contributed by atoms with E-state index >= 15 is 0 Å². The van der Waals surface area contributed by atoms with Crippen LogP contribution in [0.5, 0.6) is 11.5 Å². The number of ether oxygens (including phenoxy) is 2. The van der Waals surface area contributed by atoms with Gasteiger partial charge in [-0.3, -0.25) is 14.9 Å². The van der Waals surface area contributed by atoms with Crippen molar-refractivity contribution in [3.63, 3.8) is 0 Å². The second kappa shape index (κ2) is 9.17. The number of benzene rings is 3. The van der Waals surface area contributed by atoms with Crippen LogP contribution >= 0.6 is 0 Å². The normalized spacial score (nSPS) is 14.5. The van der Waals surface area contributed by atoms with Gasteiger partial charge < -0.3 is 20.1 Å². The van der Waals surface area contributed by atoms with Crippen molar-refractivity contribution in [1.82, 2.24) is 5.32 Å². The zero-order valence-corrected chi connectivity index (χ0v) is 16.6. The number of amides is 1. The molecule has 0 radical (unpaired) electrons. The molecule has 0 aromatic heterocycles. The smallest absolute Gasteiger partial charge is 0.293 e. The fourth-order valence-corrected chi connectivity index (χ4v) is 3.24. The summed E-state index contributed by atoms with van der Waals surface area (Å²) in [6.07, 6.45) is -0.347. The molecule has 0 saturated carbocycles. The highest BCUT2D eigenvalue weighted by Gasteiger charge is 2.22. The van der Waals surface area contributed by atoms with Gasteiger partial charge in [-0.2, -0.15) is 0 Å². The molecule has 3 aromatic carbocycles. The summed E-state index contributed by atoms with van der Waals surface area (Å²) in [5.41, 5.74) is 1.39. The third-order valence-corrected chi connectivity index (χ3v) is 4.84. The van der Waals surface area contributed by atoms with Crippen LogP contribution in [0.3, 0.4) is 0 Å². The van der Waals surface area contributed by atoms with E-state index in [1.165, 1.54) is 6.07 Å². The lowest BCUT2D eigenvalue weighted by atomic mass is 10.1. The number of nitro benzene ring substituents is 1. The molecule has 0 aliphatic carbocycles. The van der Waals surface area contributed by atoms with E-state index in [4.69, 9.17) is 9.47 Å². The van der Waals surface area contributed by atoms with Crippen molar-refractivity contribution in [1.29, 1.82) is 0 Å². The predicted octanol–water partition coefficient (Wildman–Crippen LogP) is 3.78. The third kappa shape index (κ3) is 4.92. The van der Waals surface area contributed by atoms with E-state index in [0.717, 1.165) is 5.56 Å². The Hall–Kier alpha value is -4.07. The summed E-state index contributed by atoms with van der Waals surface area (Å²) in [4.78, 5) is 23.6. The zero-order chi connectivity index (χ0) is 21.6. The molecule has 1 aliphatic heterocycles. The summed E-state index contributed by atoms with van der Waals surface area (Å²) in [5.74, 6) is 0.872. The number of nitro groups is 1. The molecular weight excluding hydrogens is 398 g/mol. The number of fused-ring (bicyclic) bond motifs is 1. The number of hydrogen-bond donors (Lipinski definition) is 2. The molecule has 8 nitrogen and oxygen atoms in total. The van der Waals surface area contributed by atoms with Gasteiger partial charge in [-0.05, 0) is 29.8 Å². The highest BCUT2D eigenvalue weighted by molar-refractivity contribution is 5.95. The van der Waals surface area contributed by atoms with Gasteiger partial charge >= 0.3 is 0 Å². The Morgan fingerprint density at radius 2 is 1.77 bits per heavy atom. The number of rotatable bonds is 7. The van der Waals surface area contributed by atoms with E-state index in [9.17, 15) is 14.9 Å². The first-order valence-corrected chi connectivity index (χ1v) is 9.83. The van der Waals surface area contributed by atoms with Crippen molar-refractivity contribution in [3.8, 4) is 11.5 Å². The minimum atomic E-state index is -0.501. The summed E-state index contributed by atoms with van der Waals surface area (Å²) in [7, 11) is 0. The van der Waals surface area contributed by atoms with Gasteiger partial charge in [-0.25, -0.2) is 0 Å². The fourth-order valence-electron chi connectivity index (χ4n) is 3.24. The van der Waals surface area contributed by atoms with E-state index in [2.05, 4.69) is 10.6 Å². The van der Waals surface area contributed by atoms with Crippen LogP contribution in [-0.4, -0.2) is 30.1 Å². The van der Waals surface area contributed by atoms with Crippen molar-refractivity contribution in [2.45, 2.75) is 12.6 Å². The molecule has 0 spiro atoms. The number of carbonyl (C=O) groups is 1. The first kappa shape index (κ1) is 20.2. The summed E-state index contributed by atoms with van der Waals surface area (Å²) in [6.45, 7) is 0.961. The molecule has 1 amide bonds. The van der Waals surface area contributed by atoms with Gasteiger partial charge in [0.15, 0.2) is 11.5 Å². The van der Waals surface area contributed by atoms with Crippen LogP contribution in [0.25, 0.3) is 0 Å². The predicted molar refractivity (Wildman–Crippen MR) is 116 cm³/mol. The highest BCUT2D eigenvalue weighted by atomic mass is 16.6. The Labute approximate surface area is 179 Å². The number of para-hydroxylation sites is 2. The third-order valence-electron chi connectivity index (χ3n) is 4.84. The van der Waals surface area contributed by atoms with Gasteiger partial charge in [-0.1, -0.05) is 42.5 Å². The van der Waals surface area contributed by atoms with Crippen molar-refractivity contribution < 1.29 is 19.2 Å². The van der Waals surface area contributed by atoms with Crippen LogP contribution in [0.4, 0.5) is 11.4 Å². The zero-order valence-electron chi connectivity index (χ0n) is 16.6. The lowest BCUT2D eigenvalue weighted by Crippen LogP contribution is -2.40. The molecule has 158 valence electrons. The maximum atomic E-state index is 12.5. The van der Waals surface area contributed by atoms with Gasteiger partial charge in [-0.15, -0.1) is 0 Å². The number of nitrogens with zero attached hydrogens (tertiary/aromatic N) is 1. The van der Waals surface area contributed by atoms with E-state index in [-0.39, 0.29) is 23.9 Å². The summed E-state index contributed by atoms with van der Waals surface area (Å²) >= 11 is 0. The van der Waals surface area contributed by atoms with Crippen LogP contribution in [0.2, 0.25) is 0 Å². The standard InChI is InChI=1S/C23H21N3O5/c27-23(25-14-18-15-30-21-8-4-5-9-22(21)31-18)17-10-11-19(20(12-17)26(28)29)24-13-16-6-2-1-3-7-16/h1-12,18,24H,13-15H2,(H,25,27). The quantitative estimate of drug-likeness (QED) is 0.446. The van der Waals surface area contributed by atoms with Gasteiger partial charge in [0.05, 0.1) is 11.5 Å². The number of carbonyl (C=O) groups excluding carboxylic acids is 1. The number of nitrogens with one attached hydrogen (secondary N) is 2. The first-order valence-electron chi connectivity index (χ1n) is 9.83. The lowest BCUT2D eigenvalue weighted by molar-refractivity contribution is -0.384. The molecule has 3 aromatic rings.